The first-order valence-electron chi connectivity index (χ1n) is 19.7. The molecule has 0 unspecified atom stereocenters. The molecule has 2 aliphatic rings. The fraction of sp³-hybridized carbons (Fsp3) is 0.137. The number of allylic oxidation sites excluding steroid dienone is 6. The van der Waals surface area contributed by atoms with Gasteiger partial charge in [0.15, 0.2) is 0 Å². The third-order valence-electron chi connectivity index (χ3n) is 12.0. The Morgan fingerprint density at radius 1 is 0.684 bits per heavy atom. The minimum atomic E-state index is 0.471. The van der Waals surface area contributed by atoms with Crippen molar-refractivity contribution in [2.24, 2.45) is 4.99 Å². The van der Waals surface area contributed by atoms with Gasteiger partial charge in [-0.05, 0) is 150 Å². The van der Waals surface area contributed by atoms with Gasteiger partial charge in [0, 0.05) is 52.8 Å². The predicted molar refractivity (Wildman–Crippen MR) is 239 cm³/mol. The number of aliphatic imine (C=N–C) groups is 1. The second kappa shape index (κ2) is 13.7. The topological polar surface area (TPSA) is 71.8 Å². The molecule has 4 aromatic carbocycles. The molecule has 4 aromatic heterocycles. The van der Waals surface area contributed by atoms with Gasteiger partial charge in [-0.3, -0.25) is 15.0 Å². The summed E-state index contributed by atoms with van der Waals surface area (Å²) in [5, 5.41) is 13.8. The van der Waals surface area contributed by atoms with Crippen molar-refractivity contribution in [2.45, 2.75) is 39.5 Å². The summed E-state index contributed by atoms with van der Waals surface area (Å²) in [6, 6.07) is 22.5. The molecular formula is C51H42N6. The summed E-state index contributed by atoms with van der Waals surface area (Å²) in [7, 11) is 1.78. The molecule has 0 spiro atoms. The highest BCUT2D eigenvalue weighted by atomic mass is 15.0. The normalized spacial score (nSPS) is 13.8. The Morgan fingerprint density at radius 2 is 1.28 bits per heavy atom. The number of rotatable bonds is 8. The van der Waals surface area contributed by atoms with E-state index >= 15 is 0 Å². The highest BCUT2D eigenvalue weighted by Crippen LogP contribution is 2.51. The van der Waals surface area contributed by atoms with E-state index in [1.807, 2.05) is 49.1 Å². The summed E-state index contributed by atoms with van der Waals surface area (Å²) in [4.78, 5) is 13.3. The number of nitrogens with zero attached hydrogens (tertiary/aromatic N) is 5. The molecule has 0 bridgehead atoms. The molecule has 0 aliphatic heterocycles. The summed E-state index contributed by atoms with van der Waals surface area (Å²) in [6.45, 7) is 8.17. The molecule has 0 saturated heterocycles. The molecule has 0 atom stereocenters. The van der Waals surface area contributed by atoms with Gasteiger partial charge in [0.2, 0.25) is 0 Å². The van der Waals surface area contributed by atoms with Crippen LogP contribution in [0.15, 0.2) is 133 Å². The lowest BCUT2D eigenvalue weighted by Gasteiger charge is -2.31. The number of fused-ring (bicyclic) bond motifs is 8. The lowest BCUT2D eigenvalue weighted by Crippen LogP contribution is -2.16. The Labute approximate surface area is 332 Å². The van der Waals surface area contributed by atoms with Crippen molar-refractivity contribution in [3.05, 3.63) is 173 Å². The van der Waals surface area contributed by atoms with Crippen LogP contribution >= 0.6 is 0 Å². The first kappa shape index (κ1) is 34.6. The summed E-state index contributed by atoms with van der Waals surface area (Å²) in [5.74, 6) is 0. The number of benzene rings is 4. The van der Waals surface area contributed by atoms with Crippen LogP contribution < -0.4 is 0 Å². The van der Waals surface area contributed by atoms with Gasteiger partial charge < -0.3 is 14.5 Å². The molecule has 6 heteroatoms. The second-order valence-electron chi connectivity index (χ2n) is 15.2. The van der Waals surface area contributed by atoms with Crippen molar-refractivity contribution >= 4 is 61.6 Å². The first-order chi connectivity index (χ1) is 28.0. The van der Waals surface area contributed by atoms with Crippen LogP contribution in [0, 0.1) is 19.3 Å². The average molecular weight is 739 g/mol. The van der Waals surface area contributed by atoms with Crippen LogP contribution in [-0.2, 0) is 25.7 Å². The molecular weight excluding hydrogens is 697 g/mol. The zero-order valence-electron chi connectivity index (χ0n) is 32.5. The Balaban J connectivity index is 1.28. The third kappa shape index (κ3) is 5.39. The monoisotopic (exact) mass is 738 g/mol. The summed E-state index contributed by atoms with van der Waals surface area (Å²) in [6.07, 6.45) is 27.0. The van der Waals surface area contributed by atoms with Crippen LogP contribution in [0.4, 0.5) is 0 Å². The summed E-state index contributed by atoms with van der Waals surface area (Å²) < 4.78 is 4.93. The van der Waals surface area contributed by atoms with Gasteiger partial charge in [-0.1, -0.05) is 49.1 Å². The predicted octanol–water partition coefficient (Wildman–Crippen LogP) is 11.5. The molecule has 0 saturated carbocycles. The zero-order chi connectivity index (χ0) is 38.8. The van der Waals surface area contributed by atoms with Gasteiger partial charge in [0.05, 0.1) is 51.5 Å². The molecule has 8 aromatic rings. The number of aromatic nitrogens is 4. The SMILES string of the molecule is C=C/C=C\C(=N)c1ccc2c(c1)c1cc3c4c(c1n2-c1cnccc1C)CCc1cc2c5cc(/C=C/C=C\C=NC)ccc5n(-c5cnccc5C)c2c(c1-4)CC3. The first-order valence-corrected chi connectivity index (χ1v) is 19.7. The molecule has 6 nitrogen and oxygen atoms in total. The Bertz CT molecular complexity index is 3140. The van der Waals surface area contributed by atoms with E-state index in [0.29, 0.717) is 5.71 Å². The smallest absolute Gasteiger partial charge is 0.0674 e. The maximum Gasteiger partial charge on any atom is 0.0674 e. The minimum Gasteiger partial charge on any atom is -0.307 e. The molecule has 4 heterocycles. The van der Waals surface area contributed by atoms with E-state index in [9.17, 15) is 0 Å². The summed E-state index contributed by atoms with van der Waals surface area (Å²) in [5.41, 5.74) is 20.5. The average Bonchev–Trinajstić information content (AvgIpc) is 3.73. The van der Waals surface area contributed by atoms with E-state index in [-0.39, 0.29) is 0 Å². The van der Waals surface area contributed by atoms with Crippen molar-refractivity contribution in [1.29, 1.82) is 5.41 Å². The fourth-order valence-electron chi connectivity index (χ4n) is 9.45. The highest BCUT2D eigenvalue weighted by Gasteiger charge is 2.33. The lowest BCUT2D eigenvalue weighted by atomic mass is 9.74. The van der Waals surface area contributed by atoms with Crippen molar-refractivity contribution < 1.29 is 0 Å². The third-order valence-corrected chi connectivity index (χ3v) is 12.0. The zero-order valence-corrected chi connectivity index (χ0v) is 32.5. The Kier molecular flexibility index (Phi) is 8.29. The maximum atomic E-state index is 8.84. The van der Waals surface area contributed by atoms with E-state index in [2.05, 4.69) is 117 Å². The van der Waals surface area contributed by atoms with Gasteiger partial charge in [-0.25, -0.2) is 0 Å². The fourth-order valence-corrected chi connectivity index (χ4v) is 9.45. The molecule has 276 valence electrons. The van der Waals surface area contributed by atoms with Crippen molar-refractivity contribution in [3.8, 4) is 22.5 Å². The van der Waals surface area contributed by atoms with Gasteiger partial charge >= 0.3 is 0 Å². The Hall–Kier alpha value is -6.92. The van der Waals surface area contributed by atoms with E-state index in [0.717, 1.165) is 53.7 Å². The molecule has 0 amide bonds. The van der Waals surface area contributed by atoms with Crippen LogP contribution in [0.5, 0.6) is 0 Å². The highest BCUT2D eigenvalue weighted by molar-refractivity contribution is 6.18. The van der Waals surface area contributed by atoms with Gasteiger partial charge in [-0.2, -0.15) is 0 Å². The number of hydrogen-bond acceptors (Lipinski definition) is 4. The number of hydrogen-bond donors (Lipinski definition) is 1. The van der Waals surface area contributed by atoms with Gasteiger partial charge in [0.25, 0.3) is 0 Å². The number of nitrogens with one attached hydrogen (secondary N) is 1. The molecule has 57 heavy (non-hydrogen) atoms. The number of aryl methyl sites for hydroxylation is 6. The molecule has 2 aliphatic carbocycles. The number of pyridine rings is 2. The largest absolute Gasteiger partial charge is 0.307 e. The van der Waals surface area contributed by atoms with E-state index < -0.39 is 0 Å². The lowest BCUT2D eigenvalue weighted by molar-refractivity contribution is 0.882. The van der Waals surface area contributed by atoms with Crippen molar-refractivity contribution in [3.63, 3.8) is 0 Å². The van der Waals surface area contributed by atoms with Crippen LogP contribution in [0.1, 0.15) is 44.5 Å². The standard InChI is InChI=1S/C51H42N6/c1-5-6-11-43(52)34-15-19-45-40(26-34)42-28-36-14-16-37-48-35(13-17-38(49(36)48)51(42)57(45)47-30-55-24-21-32(47)3)27-41-39-25-33(10-8-7-9-22-53-4)12-18-44(39)56(50(37)41)46-29-54-23-20-31(46)2/h5-12,15,18-30,52H,1,13-14,16-17H2,2-4H3/b9-7-,10-8+,11-6-,52-43?,53-22?. The molecule has 0 radical (unpaired) electrons. The van der Waals surface area contributed by atoms with Gasteiger partial charge in [0.1, 0.15) is 0 Å². The van der Waals surface area contributed by atoms with Crippen LogP contribution in [-0.4, -0.2) is 38.1 Å². The molecule has 10 rings (SSSR count). The van der Waals surface area contributed by atoms with E-state index in [1.165, 1.54) is 82.6 Å². The van der Waals surface area contributed by atoms with E-state index in [1.54, 1.807) is 19.3 Å². The Morgan fingerprint density at radius 3 is 1.86 bits per heavy atom. The van der Waals surface area contributed by atoms with Crippen molar-refractivity contribution in [1.82, 2.24) is 19.1 Å². The summed E-state index contributed by atoms with van der Waals surface area (Å²) >= 11 is 0. The van der Waals surface area contributed by atoms with Crippen LogP contribution in [0.2, 0.25) is 0 Å². The minimum absolute atomic E-state index is 0.471. The van der Waals surface area contributed by atoms with Gasteiger partial charge in [-0.15, -0.1) is 0 Å². The van der Waals surface area contributed by atoms with Crippen LogP contribution in [0.25, 0.3) is 72.2 Å². The second-order valence-corrected chi connectivity index (χ2v) is 15.2. The van der Waals surface area contributed by atoms with Crippen molar-refractivity contribution in [2.75, 3.05) is 7.05 Å². The quantitative estimate of drug-likeness (QED) is 0.125. The molecule has 1 N–H and O–H groups in total. The van der Waals surface area contributed by atoms with Crippen LogP contribution in [0.3, 0.4) is 0 Å². The maximum absolute atomic E-state index is 8.84. The van der Waals surface area contributed by atoms with E-state index in [4.69, 9.17) is 5.41 Å². The molecule has 0 fully saturated rings.